The molecule has 2 aromatic rings. The minimum Gasteiger partial charge on any atom is -0.497 e. The molecule has 0 unspecified atom stereocenters. The summed E-state index contributed by atoms with van der Waals surface area (Å²) in [5.41, 5.74) is 10.2. The summed E-state index contributed by atoms with van der Waals surface area (Å²) in [5, 5.41) is 11.2. The molecule has 7 heteroatoms. The van der Waals surface area contributed by atoms with Gasteiger partial charge < -0.3 is 15.4 Å². The second-order valence-corrected chi connectivity index (χ2v) is 6.63. The number of Topliss-reactive ketones (excluding diaryl/α,β-unsaturated/α-hetero) is 1. The third-order valence-electron chi connectivity index (χ3n) is 5.07. The summed E-state index contributed by atoms with van der Waals surface area (Å²) in [6.45, 7) is 1.70. The van der Waals surface area contributed by atoms with Crippen molar-refractivity contribution in [1.82, 2.24) is 4.90 Å². The molecule has 0 amide bonds. The molecule has 0 fully saturated rings. The Morgan fingerprint density at radius 2 is 1.96 bits per heavy atom. The molecular formula is C20H19N3O4. The number of fused-ring (bicyclic) bond motifs is 4. The monoisotopic (exact) mass is 365 g/mol. The van der Waals surface area contributed by atoms with Gasteiger partial charge in [-0.3, -0.25) is 14.9 Å². The summed E-state index contributed by atoms with van der Waals surface area (Å²) in [6, 6.07) is 10.1. The number of ketones is 1. The molecule has 0 atom stereocenters. The summed E-state index contributed by atoms with van der Waals surface area (Å²) >= 11 is 0. The van der Waals surface area contributed by atoms with Gasteiger partial charge in [-0.05, 0) is 48.4 Å². The van der Waals surface area contributed by atoms with Crippen molar-refractivity contribution < 1.29 is 14.5 Å². The van der Waals surface area contributed by atoms with Crippen molar-refractivity contribution in [1.29, 1.82) is 0 Å². The van der Waals surface area contributed by atoms with Crippen LogP contribution in [-0.4, -0.2) is 35.8 Å². The fourth-order valence-corrected chi connectivity index (χ4v) is 3.83. The van der Waals surface area contributed by atoms with Gasteiger partial charge in [0.15, 0.2) is 5.78 Å². The van der Waals surface area contributed by atoms with Crippen molar-refractivity contribution in [2.45, 2.75) is 13.0 Å². The van der Waals surface area contributed by atoms with Crippen LogP contribution in [-0.2, 0) is 6.54 Å². The lowest BCUT2D eigenvalue weighted by atomic mass is 9.92. The van der Waals surface area contributed by atoms with Crippen molar-refractivity contribution in [2.75, 3.05) is 20.2 Å². The first kappa shape index (κ1) is 17.2. The molecule has 2 N–H and O–H groups in total. The lowest BCUT2D eigenvalue weighted by molar-refractivity contribution is -0.384. The van der Waals surface area contributed by atoms with Crippen LogP contribution in [0.3, 0.4) is 0 Å². The van der Waals surface area contributed by atoms with Gasteiger partial charge in [-0.2, -0.15) is 0 Å². The molecule has 138 valence electrons. The number of hydrogen-bond donors (Lipinski definition) is 1. The van der Waals surface area contributed by atoms with Crippen LogP contribution in [0.2, 0.25) is 0 Å². The first-order chi connectivity index (χ1) is 13.0. The highest BCUT2D eigenvalue weighted by Gasteiger charge is 2.38. The van der Waals surface area contributed by atoms with Gasteiger partial charge >= 0.3 is 0 Å². The number of hydrogen-bond acceptors (Lipinski definition) is 6. The number of carbonyl (C=O) groups excluding carboxylic acids is 1. The van der Waals surface area contributed by atoms with Gasteiger partial charge in [0.25, 0.3) is 5.69 Å². The standard InChI is InChI=1S/C20H19N3O4/c1-27-14-4-6-16-17(10-14)19-18(20(16)24)15-5-3-13(23(25)26)9-12(15)11-22(19)8-2-7-21/h3-6,9-10H,2,7-8,11,21H2,1H3. The van der Waals surface area contributed by atoms with Crippen molar-refractivity contribution in [3.8, 4) is 5.75 Å². The number of rotatable bonds is 5. The van der Waals surface area contributed by atoms with E-state index in [0.29, 0.717) is 36.5 Å². The van der Waals surface area contributed by atoms with E-state index in [0.717, 1.165) is 28.8 Å². The van der Waals surface area contributed by atoms with Crippen LogP contribution in [0.5, 0.6) is 5.75 Å². The normalized spacial score (nSPS) is 14.7. The lowest BCUT2D eigenvalue weighted by Crippen LogP contribution is -2.28. The Morgan fingerprint density at radius 1 is 1.19 bits per heavy atom. The number of carbonyl (C=O) groups is 1. The Hall–Kier alpha value is -3.19. The maximum atomic E-state index is 13.1. The SMILES string of the molecule is COc1ccc2c(c1)C1=C(C2=O)c2ccc([N+](=O)[O-])cc2CN1CCCN. The molecule has 2 aliphatic rings. The van der Waals surface area contributed by atoms with Gasteiger partial charge in [0.1, 0.15) is 5.75 Å². The number of non-ortho nitro benzene ring substituents is 1. The van der Waals surface area contributed by atoms with Crippen LogP contribution in [0.15, 0.2) is 36.4 Å². The highest BCUT2D eigenvalue weighted by Crippen LogP contribution is 2.46. The summed E-state index contributed by atoms with van der Waals surface area (Å²) < 4.78 is 5.33. The maximum Gasteiger partial charge on any atom is 0.269 e. The summed E-state index contributed by atoms with van der Waals surface area (Å²) in [7, 11) is 1.59. The van der Waals surface area contributed by atoms with Crippen LogP contribution in [0.25, 0.3) is 11.3 Å². The van der Waals surface area contributed by atoms with E-state index < -0.39 is 4.92 Å². The van der Waals surface area contributed by atoms with E-state index in [2.05, 4.69) is 4.90 Å². The third kappa shape index (κ3) is 2.67. The van der Waals surface area contributed by atoms with Crippen LogP contribution in [0, 0.1) is 10.1 Å². The fraction of sp³-hybridized carbons (Fsp3) is 0.250. The van der Waals surface area contributed by atoms with Crippen LogP contribution < -0.4 is 10.5 Å². The van der Waals surface area contributed by atoms with Crippen molar-refractivity contribution in [3.05, 3.63) is 68.8 Å². The van der Waals surface area contributed by atoms with E-state index >= 15 is 0 Å². The second-order valence-electron chi connectivity index (χ2n) is 6.63. The molecule has 0 aromatic heterocycles. The molecule has 0 bridgehead atoms. The maximum absolute atomic E-state index is 13.1. The molecule has 0 spiro atoms. The number of benzene rings is 2. The van der Waals surface area contributed by atoms with Gasteiger partial charge in [0.2, 0.25) is 0 Å². The smallest absolute Gasteiger partial charge is 0.269 e. The molecule has 27 heavy (non-hydrogen) atoms. The van der Waals surface area contributed by atoms with Crippen molar-refractivity contribution in [2.24, 2.45) is 5.73 Å². The first-order valence-electron chi connectivity index (χ1n) is 8.75. The van der Waals surface area contributed by atoms with E-state index in [9.17, 15) is 14.9 Å². The predicted octanol–water partition coefficient (Wildman–Crippen LogP) is 2.83. The first-order valence-corrected chi connectivity index (χ1v) is 8.75. The molecule has 2 aromatic carbocycles. The second kappa shape index (κ2) is 6.51. The Kier molecular flexibility index (Phi) is 4.16. The summed E-state index contributed by atoms with van der Waals surface area (Å²) in [6.07, 6.45) is 0.758. The minimum atomic E-state index is -0.412. The van der Waals surface area contributed by atoms with Gasteiger partial charge in [-0.15, -0.1) is 0 Å². The Bertz CT molecular complexity index is 997. The quantitative estimate of drug-likeness (QED) is 0.646. The van der Waals surface area contributed by atoms with E-state index in [1.54, 1.807) is 31.4 Å². The van der Waals surface area contributed by atoms with Gasteiger partial charge in [-0.1, -0.05) is 0 Å². The van der Waals surface area contributed by atoms with E-state index in [-0.39, 0.29) is 11.5 Å². The molecular weight excluding hydrogens is 346 g/mol. The van der Waals surface area contributed by atoms with Crippen molar-refractivity contribution >= 4 is 22.7 Å². The van der Waals surface area contributed by atoms with E-state index in [1.165, 1.54) is 6.07 Å². The van der Waals surface area contributed by atoms with Gasteiger partial charge in [0, 0.05) is 36.3 Å². The molecule has 0 saturated heterocycles. The third-order valence-corrected chi connectivity index (χ3v) is 5.07. The highest BCUT2D eigenvalue weighted by atomic mass is 16.6. The number of nitro groups is 1. The topological polar surface area (TPSA) is 98.7 Å². The largest absolute Gasteiger partial charge is 0.497 e. The molecule has 1 aliphatic heterocycles. The molecule has 4 rings (SSSR count). The fourth-order valence-electron chi connectivity index (χ4n) is 3.83. The van der Waals surface area contributed by atoms with Crippen LogP contribution in [0.4, 0.5) is 5.69 Å². The summed E-state index contributed by atoms with van der Waals surface area (Å²) in [5.74, 6) is 0.624. The zero-order valence-corrected chi connectivity index (χ0v) is 14.9. The van der Waals surface area contributed by atoms with Crippen molar-refractivity contribution in [3.63, 3.8) is 0 Å². The molecule has 7 nitrogen and oxygen atoms in total. The lowest BCUT2D eigenvalue weighted by Gasteiger charge is -2.32. The zero-order valence-electron chi connectivity index (χ0n) is 14.9. The highest BCUT2D eigenvalue weighted by molar-refractivity contribution is 6.40. The Balaban J connectivity index is 1.91. The van der Waals surface area contributed by atoms with E-state index in [1.807, 2.05) is 6.07 Å². The Labute approximate surface area is 156 Å². The van der Waals surface area contributed by atoms with Crippen LogP contribution in [0.1, 0.15) is 33.5 Å². The molecule has 0 saturated carbocycles. The van der Waals surface area contributed by atoms with Gasteiger partial charge in [-0.25, -0.2) is 0 Å². The molecule has 1 aliphatic carbocycles. The van der Waals surface area contributed by atoms with E-state index in [4.69, 9.17) is 10.5 Å². The number of nitro benzene ring substituents is 1. The number of nitrogens with zero attached hydrogens (tertiary/aromatic N) is 2. The average Bonchev–Trinajstić information content (AvgIpc) is 2.98. The number of ether oxygens (including phenoxy) is 1. The Morgan fingerprint density at radius 3 is 2.67 bits per heavy atom. The number of allylic oxidation sites excluding steroid dienone is 1. The summed E-state index contributed by atoms with van der Waals surface area (Å²) in [4.78, 5) is 26.0. The zero-order chi connectivity index (χ0) is 19.1. The number of methoxy groups -OCH3 is 1. The predicted molar refractivity (Wildman–Crippen MR) is 101 cm³/mol. The number of nitrogens with two attached hydrogens (primary N) is 1. The average molecular weight is 365 g/mol. The van der Waals surface area contributed by atoms with Crippen LogP contribution >= 0.6 is 0 Å². The minimum absolute atomic E-state index is 0.0289. The van der Waals surface area contributed by atoms with Gasteiger partial charge in [0.05, 0.1) is 23.3 Å². The molecule has 1 heterocycles. The molecule has 0 radical (unpaired) electrons.